The number of halogens is 2. The lowest BCUT2D eigenvalue weighted by Crippen LogP contribution is -2.67. The van der Waals surface area contributed by atoms with Gasteiger partial charge in [0.25, 0.3) is 14.2 Å². The molecular formula is C25H29F2NOSSi. The van der Waals surface area contributed by atoms with Crippen molar-refractivity contribution < 1.29 is 13.2 Å². The van der Waals surface area contributed by atoms with Crippen molar-refractivity contribution in [1.82, 2.24) is 0 Å². The number of hydrogen-bond acceptors (Lipinski definition) is 3. The lowest BCUT2D eigenvalue weighted by atomic mass is 10.1. The van der Waals surface area contributed by atoms with Gasteiger partial charge in [-0.1, -0.05) is 87.5 Å². The Hall–Kier alpha value is -2.12. The molecule has 164 valence electrons. The van der Waals surface area contributed by atoms with Gasteiger partial charge in [0.2, 0.25) is 0 Å². The van der Waals surface area contributed by atoms with Gasteiger partial charge in [0.05, 0.1) is 6.04 Å². The number of hydrogen-bond donors (Lipinski definition) is 1. The van der Waals surface area contributed by atoms with E-state index in [-0.39, 0.29) is 10.6 Å². The van der Waals surface area contributed by atoms with E-state index >= 15 is 8.78 Å². The van der Waals surface area contributed by atoms with E-state index in [9.17, 15) is 0 Å². The average Bonchev–Trinajstić information content (AvgIpc) is 3.25. The molecule has 0 unspecified atom stereocenters. The summed E-state index contributed by atoms with van der Waals surface area (Å²) >= 11 is 1.22. The Kier molecular flexibility index (Phi) is 6.96. The fourth-order valence-electron chi connectivity index (χ4n) is 3.88. The maximum Gasteiger partial charge on any atom is 0.295 e. The van der Waals surface area contributed by atoms with Gasteiger partial charge in [-0.15, -0.1) is 17.9 Å². The number of alkyl halides is 2. The van der Waals surface area contributed by atoms with Crippen LogP contribution in [0.4, 0.5) is 8.78 Å². The molecule has 0 saturated heterocycles. The molecule has 6 heteroatoms. The van der Waals surface area contributed by atoms with Crippen molar-refractivity contribution in [3.05, 3.63) is 95.2 Å². The van der Waals surface area contributed by atoms with Crippen LogP contribution in [-0.4, -0.2) is 14.9 Å². The van der Waals surface area contributed by atoms with Crippen molar-refractivity contribution in [3.8, 4) is 0 Å². The van der Waals surface area contributed by atoms with E-state index in [1.165, 1.54) is 22.8 Å². The third-order valence-electron chi connectivity index (χ3n) is 5.51. The first-order valence-electron chi connectivity index (χ1n) is 10.2. The van der Waals surface area contributed by atoms with Gasteiger partial charge in [0, 0.05) is 15.8 Å². The van der Waals surface area contributed by atoms with E-state index in [2.05, 4.69) is 27.4 Å². The molecule has 0 amide bonds. The van der Waals surface area contributed by atoms with Gasteiger partial charge in [0.1, 0.15) is 6.61 Å². The molecule has 1 aromatic heterocycles. The standard InChI is InChI=1S/C25H29F2NOSSi/c1-5-22(28)23-16-19(17-30-23)25(26,27)18-29-31(24(2,3)4,20-12-8-6-9-13-20)21-14-10-7-11-15-21/h5-17,22H,1,18,28H2,2-4H3/t22-/m1/s1. The molecular weight excluding hydrogens is 428 g/mol. The van der Waals surface area contributed by atoms with Crippen LogP contribution in [0, 0.1) is 0 Å². The summed E-state index contributed by atoms with van der Waals surface area (Å²) in [5, 5.41) is 3.05. The molecule has 0 bridgehead atoms. The molecule has 0 radical (unpaired) electrons. The molecule has 0 fully saturated rings. The summed E-state index contributed by atoms with van der Waals surface area (Å²) in [6.45, 7) is 9.17. The lowest BCUT2D eigenvalue weighted by Gasteiger charge is -2.43. The predicted octanol–water partition coefficient (Wildman–Crippen LogP) is 5.60. The maximum atomic E-state index is 15.3. The molecule has 1 heterocycles. The number of nitrogens with two attached hydrogens (primary N) is 1. The van der Waals surface area contributed by atoms with Crippen LogP contribution in [0.25, 0.3) is 0 Å². The van der Waals surface area contributed by atoms with Crippen molar-refractivity contribution in [2.45, 2.75) is 37.8 Å². The summed E-state index contributed by atoms with van der Waals surface area (Å²) in [7, 11) is -3.03. The number of thiophene rings is 1. The van der Waals surface area contributed by atoms with Gasteiger partial charge in [-0.2, -0.15) is 8.78 Å². The smallest absolute Gasteiger partial charge is 0.295 e. The first kappa shape index (κ1) is 23.5. The molecule has 0 saturated carbocycles. The summed E-state index contributed by atoms with van der Waals surface area (Å²) in [6.07, 6.45) is 1.55. The zero-order valence-electron chi connectivity index (χ0n) is 18.1. The summed E-state index contributed by atoms with van der Waals surface area (Å²) in [6, 6.07) is 20.6. The molecule has 0 aliphatic rings. The third-order valence-corrected chi connectivity index (χ3v) is 11.5. The van der Waals surface area contributed by atoms with Crippen molar-refractivity contribution in [3.63, 3.8) is 0 Å². The van der Waals surface area contributed by atoms with Crippen LogP contribution in [0.5, 0.6) is 0 Å². The van der Waals surface area contributed by atoms with Gasteiger partial charge < -0.3 is 10.2 Å². The normalized spacial score (nSPS) is 13.7. The molecule has 2 aromatic carbocycles. The second-order valence-corrected chi connectivity index (χ2v) is 13.9. The fourth-order valence-corrected chi connectivity index (χ4v) is 9.38. The van der Waals surface area contributed by atoms with Crippen molar-refractivity contribution in [1.29, 1.82) is 0 Å². The molecule has 2 nitrogen and oxygen atoms in total. The zero-order valence-corrected chi connectivity index (χ0v) is 20.0. The van der Waals surface area contributed by atoms with Crippen molar-refractivity contribution in [2.75, 3.05) is 6.61 Å². The SMILES string of the molecule is C=C[C@@H](N)c1cc(C(F)(F)CO[Si](c2ccccc2)(c2ccccc2)C(C)(C)C)cs1. The molecule has 2 N–H and O–H groups in total. The van der Waals surface area contributed by atoms with Crippen LogP contribution < -0.4 is 16.1 Å². The highest BCUT2D eigenvalue weighted by atomic mass is 32.1. The highest BCUT2D eigenvalue weighted by Gasteiger charge is 2.52. The monoisotopic (exact) mass is 457 g/mol. The first-order chi connectivity index (χ1) is 14.6. The molecule has 0 spiro atoms. The summed E-state index contributed by atoms with van der Waals surface area (Å²) in [5.74, 6) is -3.14. The van der Waals surface area contributed by atoms with E-state index in [4.69, 9.17) is 10.2 Å². The number of rotatable bonds is 8. The van der Waals surface area contributed by atoms with Gasteiger partial charge in [-0.3, -0.25) is 0 Å². The van der Waals surface area contributed by atoms with E-state index < -0.39 is 26.9 Å². The Morgan fingerprint density at radius 1 is 1.03 bits per heavy atom. The fraction of sp³-hybridized carbons (Fsp3) is 0.280. The predicted molar refractivity (Wildman–Crippen MR) is 129 cm³/mol. The van der Waals surface area contributed by atoms with Crippen LogP contribution in [0.1, 0.15) is 37.3 Å². The van der Waals surface area contributed by atoms with Crippen LogP contribution >= 0.6 is 11.3 Å². The van der Waals surface area contributed by atoms with Gasteiger partial charge in [-0.25, -0.2) is 0 Å². The second kappa shape index (κ2) is 9.16. The van der Waals surface area contributed by atoms with E-state index in [1.54, 1.807) is 6.08 Å². The van der Waals surface area contributed by atoms with Crippen LogP contribution in [0.15, 0.2) is 84.8 Å². The molecule has 1 atom stereocenters. The van der Waals surface area contributed by atoms with Gasteiger partial charge in [0.15, 0.2) is 0 Å². The van der Waals surface area contributed by atoms with Gasteiger partial charge >= 0.3 is 0 Å². The Morgan fingerprint density at radius 3 is 2.00 bits per heavy atom. The van der Waals surface area contributed by atoms with Crippen LogP contribution in [0.2, 0.25) is 5.04 Å². The lowest BCUT2D eigenvalue weighted by molar-refractivity contribution is -0.0494. The maximum absolute atomic E-state index is 15.3. The molecule has 0 aliphatic heterocycles. The highest BCUT2D eigenvalue weighted by molar-refractivity contribution is 7.10. The molecule has 3 aromatic rings. The van der Waals surface area contributed by atoms with E-state index in [1.807, 2.05) is 60.7 Å². The quantitative estimate of drug-likeness (QED) is 0.353. The largest absolute Gasteiger partial charge is 0.401 e. The summed E-state index contributed by atoms with van der Waals surface area (Å²) < 4.78 is 37.1. The first-order valence-corrected chi connectivity index (χ1v) is 13.0. The van der Waals surface area contributed by atoms with E-state index in [0.29, 0.717) is 4.88 Å². The average molecular weight is 458 g/mol. The minimum absolute atomic E-state index is 0.0669. The van der Waals surface area contributed by atoms with Gasteiger partial charge in [-0.05, 0) is 21.5 Å². The Morgan fingerprint density at radius 2 is 1.55 bits per heavy atom. The minimum atomic E-state index is -3.14. The zero-order chi connectivity index (χ0) is 22.7. The van der Waals surface area contributed by atoms with Crippen LogP contribution in [-0.2, 0) is 10.3 Å². The molecule has 3 rings (SSSR count). The highest BCUT2D eigenvalue weighted by Crippen LogP contribution is 2.40. The Labute approximate surface area is 188 Å². The second-order valence-electron chi connectivity index (χ2n) is 8.66. The number of benzene rings is 2. The third kappa shape index (κ3) is 4.72. The van der Waals surface area contributed by atoms with Crippen molar-refractivity contribution in [2.24, 2.45) is 5.73 Å². The minimum Gasteiger partial charge on any atom is -0.401 e. The molecule has 31 heavy (non-hydrogen) atoms. The Balaban J connectivity index is 2.03. The summed E-state index contributed by atoms with van der Waals surface area (Å²) in [4.78, 5) is 0.662. The Bertz CT molecular complexity index is 960. The van der Waals surface area contributed by atoms with Crippen molar-refractivity contribution >= 4 is 30.0 Å². The van der Waals surface area contributed by atoms with E-state index in [0.717, 1.165) is 10.4 Å². The topological polar surface area (TPSA) is 35.2 Å². The van der Waals surface area contributed by atoms with Crippen LogP contribution in [0.3, 0.4) is 0 Å². The molecule has 0 aliphatic carbocycles. The summed E-state index contributed by atoms with van der Waals surface area (Å²) in [5.41, 5.74) is 5.86.